The minimum absolute atomic E-state index is 0.165. The number of ether oxygens (including phenoxy) is 1. The highest BCUT2D eigenvalue weighted by molar-refractivity contribution is 5.91. The topological polar surface area (TPSA) is 26.3 Å². The van der Waals surface area contributed by atoms with Crippen LogP contribution in [0.4, 0.5) is 0 Å². The third-order valence-electron chi connectivity index (χ3n) is 4.59. The number of esters is 1. The molecule has 2 rings (SSSR count). The van der Waals surface area contributed by atoms with Gasteiger partial charge in [0.15, 0.2) is 0 Å². The third-order valence-corrected chi connectivity index (χ3v) is 4.59. The summed E-state index contributed by atoms with van der Waals surface area (Å²) < 4.78 is 5.58. The Balaban J connectivity index is 1.95. The fourth-order valence-corrected chi connectivity index (χ4v) is 3.05. The highest BCUT2D eigenvalue weighted by Crippen LogP contribution is 2.32. The molecule has 1 unspecified atom stereocenters. The summed E-state index contributed by atoms with van der Waals surface area (Å²) >= 11 is 0. The first-order chi connectivity index (χ1) is 11.9. The monoisotopic (exact) mass is 338 g/mol. The lowest BCUT2D eigenvalue weighted by atomic mass is 9.99. The van der Waals surface area contributed by atoms with Crippen molar-refractivity contribution >= 4 is 5.97 Å². The largest absolute Gasteiger partial charge is 0.450 e. The first kappa shape index (κ1) is 19.2. The van der Waals surface area contributed by atoms with Gasteiger partial charge in [-0.05, 0) is 77.5 Å². The second-order valence-electron chi connectivity index (χ2n) is 7.29. The molecule has 0 aliphatic carbocycles. The smallest absolute Gasteiger partial charge is 0.334 e. The molecule has 1 heterocycles. The fraction of sp³-hybridized carbons (Fsp3) is 0.435. The zero-order valence-electron chi connectivity index (χ0n) is 16.2. The van der Waals surface area contributed by atoms with Crippen LogP contribution in [0.1, 0.15) is 69.2 Å². The van der Waals surface area contributed by atoms with E-state index in [1.807, 2.05) is 6.08 Å². The number of hydrogen-bond donors (Lipinski definition) is 0. The van der Waals surface area contributed by atoms with E-state index in [9.17, 15) is 4.79 Å². The van der Waals surface area contributed by atoms with Crippen molar-refractivity contribution in [1.82, 2.24) is 0 Å². The Labute approximate surface area is 152 Å². The van der Waals surface area contributed by atoms with Gasteiger partial charge in [0.1, 0.15) is 6.10 Å². The van der Waals surface area contributed by atoms with E-state index >= 15 is 0 Å². The van der Waals surface area contributed by atoms with Gasteiger partial charge in [-0.1, -0.05) is 47.1 Å². The van der Waals surface area contributed by atoms with Gasteiger partial charge in [-0.25, -0.2) is 4.79 Å². The van der Waals surface area contributed by atoms with Gasteiger partial charge in [0.2, 0.25) is 0 Å². The minimum Gasteiger partial charge on any atom is -0.450 e. The van der Waals surface area contributed by atoms with Crippen LogP contribution >= 0.6 is 0 Å². The maximum absolute atomic E-state index is 12.2. The Kier molecular flexibility index (Phi) is 6.81. The number of carbonyl (C=O) groups is 1. The lowest BCUT2D eigenvalue weighted by Gasteiger charge is -2.12. The summed E-state index contributed by atoms with van der Waals surface area (Å²) in [6.07, 6.45) is 10.1. The van der Waals surface area contributed by atoms with Crippen molar-refractivity contribution in [2.45, 2.75) is 66.4 Å². The Bertz CT molecular complexity index is 716. The summed E-state index contributed by atoms with van der Waals surface area (Å²) in [7, 11) is 0. The highest BCUT2D eigenvalue weighted by atomic mass is 16.5. The second kappa shape index (κ2) is 8.84. The quantitative estimate of drug-likeness (QED) is 0.431. The molecule has 0 bridgehead atoms. The number of hydrogen-bond acceptors (Lipinski definition) is 2. The van der Waals surface area contributed by atoms with Gasteiger partial charge in [0.05, 0.1) is 0 Å². The Hall–Kier alpha value is -2.09. The van der Waals surface area contributed by atoms with Gasteiger partial charge < -0.3 is 4.74 Å². The second-order valence-corrected chi connectivity index (χ2v) is 7.29. The molecule has 2 heteroatoms. The lowest BCUT2D eigenvalue weighted by molar-refractivity contribution is -0.140. The van der Waals surface area contributed by atoms with Gasteiger partial charge in [0, 0.05) is 5.57 Å². The third kappa shape index (κ3) is 5.74. The van der Waals surface area contributed by atoms with E-state index in [1.54, 1.807) is 0 Å². The first-order valence-electron chi connectivity index (χ1n) is 9.14. The maximum Gasteiger partial charge on any atom is 0.334 e. The molecule has 1 aliphatic heterocycles. The number of rotatable bonds is 7. The van der Waals surface area contributed by atoms with Crippen LogP contribution in [0.2, 0.25) is 0 Å². The zero-order chi connectivity index (χ0) is 18.4. The normalized spacial score (nSPS) is 17.3. The predicted molar refractivity (Wildman–Crippen MR) is 104 cm³/mol. The number of carbonyl (C=O) groups excluding carboxylic acids is 1. The van der Waals surface area contributed by atoms with E-state index in [-0.39, 0.29) is 12.1 Å². The standard InChI is InChI=1S/C23H30O2/c1-16(2)8-6-9-17(3)10-7-11-20-15-22(25-23(20)24)21-14-18(4)12-13-19(21)5/h8,10,12-15,22H,6-7,9,11H2,1-5H3/b17-10+. The lowest BCUT2D eigenvalue weighted by Crippen LogP contribution is -2.04. The molecule has 0 amide bonds. The predicted octanol–water partition coefficient (Wildman–Crippen LogP) is 6.30. The van der Waals surface area contributed by atoms with Gasteiger partial charge in [-0.15, -0.1) is 0 Å². The van der Waals surface area contributed by atoms with Crippen molar-refractivity contribution in [1.29, 1.82) is 0 Å². The molecule has 2 nitrogen and oxygen atoms in total. The van der Waals surface area contributed by atoms with E-state index in [4.69, 9.17) is 4.74 Å². The van der Waals surface area contributed by atoms with E-state index in [1.165, 1.54) is 16.7 Å². The molecule has 0 N–H and O–H groups in total. The summed E-state index contributed by atoms with van der Waals surface area (Å²) in [6.45, 7) is 10.5. The Morgan fingerprint density at radius 1 is 1.12 bits per heavy atom. The number of aryl methyl sites for hydroxylation is 2. The van der Waals surface area contributed by atoms with Crippen molar-refractivity contribution in [2.75, 3.05) is 0 Å². The molecule has 0 saturated carbocycles. The molecular formula is C23H30O2. The molecule has 0 aromatic heterocycles. The summed E-state index contributed by atoms with van der Waals surface area (Å²) in [5, 5.41) is 0. The van der Waals surface area contributed by atoms with Crippen molar-refractivity contribution in [2.24, 2.45) is 0 Å². The molecule has 0 spiro atoms. The van der Waals surface area contributed by atoms with Crippen LogP contribution in [0.3, 0.4) is 0 Å². The van der Waals surface area contributed by atoms with Gasteiger partial charge >= 0.3 is 5.97 Å². The van der Waals surface area contributed by atoms with E-state index in [0.717, 1.165) is 42.4 Å². The molecule has 1 aliphatic rings. The Morgan fingerprint density at radius 2 is 1.88 bits per heavy atom. The van der Waals surface area contributed by atoms with Crippen molar-refractivity contribution < 1.29 is 9.53 Å². The maximum atomic E-state index is 12.2. The fourth-order valence-electron chi connectivity index (χ4n) is 3.05. The van der Waals surface area contributed by atoms with Crippen LogP contribution in [0, 0.1) is 13.8 Å². The number of allylic oxidation sites excluding steroid dienone is 4. The first-order valence-corrected chi connectivity index (χ1v) is 9.14. The van der Waals surface area contributed by atoms with Crippen LogP contribution < -0.4 is 0 Å². The zero-order valence-corrected chi connectivity index (χ0v) is 16.2. The van der Waals surface area contributed by atoms with Crippen LogP contribution in [0.15, 0.2) is 53.1 Å². The molecule has 1 aromatic carbocycles. The van der Waals surface area contributed by atoms with Crippen molar-refractivity contribution in [3.05, 3.63) is 69.8 Å². The molecule has 1 atom stereocenters. The molecule has 0 fully saturated rings. The highest BCUT2D eigenvalue weighted by Gasteiger charge is 2.26. The van der Waals surface area contributed by atoms with Gasteiger partial charge in [0.25, 0.3) is 0 Å². The van der Waals surface area contributed by atoms with Crippen LogP contribution in [0.25, 0.3) is 0 Å². The van der Waals surface area contributed by atoms with Crippen LogP contribution in [-0.2, 0) is 9.53 Å². The molecule has 134 valence electrons. The van der Waals surface area contributed by atoms with Gasteiger partial charge in [-0.2, -0.15) is 0 Å². The van der Waals surface area contributed by atoms with E-state index < -0.39 is 0 Å². The summed E-state index contributed by atoms with van der Waals surface area (Å²) in [6, 6.07) is 6.28. The van der Waals surface area contributed by atoms with Crippen LogP contribution in [0.5, 0.6) is 0 Å². The van der Waals surface area contributed by atoms with E-state index in [0.29, 0.717) is 0 Å². The molecule has 1 aromatic rings. The van der Waals surface area contributed by atoms with E-state index in [2.05, 4.69) is 65.0 Å². The number of cyclic esters (lactones) is 1. The molecule has 0 saturated heterocycles. The Morgan fingerprint density at radius 3 is 2.60 bits per heavy atom. The molecular weight excluding hydrogens is 308 g/mol. The van der Waals surface area contributed by atoms with Crippen LogP contribution in [-0.4, -0.2) is 5.97 Å². The number of benzene rings is 1. The van der Waals surface area contributed by atoms with Crippen molar-refractivity contribution in [3.8, 4) is 0 Å². The summed E-state index contributed by atoms with van der Waals surface area (Å²) in [5.41, 5.74) is 7.00. The molecule has 0 radical (unpaired) electrons. The van der Waals surface area contributed by atoms with Crippen molar-refractivity contribution in [3.63, 3.8) is 0 Å². The SMILES string of the molecule is CC(C)=CCC/C(C)=C/CCC1=CC(c2cc(C)ccc2C)OC1=O. The summed E-state index contributed by atoms with van der Waals surface area (Å²) in [5.74, 6) is -0.165. The summed E-state index contributed by atoms with van der Waals surface area (Å²) in [4.78, 5) is 12.2. The average Bonchev–Trinajstić information content (AvgIpc) is 2.90. The average molecular weight is 338 g/mol. The van der Waals surface area contributed by atoms with Gasteiger partial charge in [-0.3, -0.25) is 0 Å². The molecule has 25 heavy (non-hydrogen) atoms. The minimum atomic E-state index is -0.231.